The molecule has 106 valence electrons. The number of hydrogen-bond acceptors (Lipinski definition) is 1. The van der Waals surface area contributed by atoms with Crippen LogP contribution in [0.2, 0.25) is 0 Å². The highest BCUT2D eigenvalue weighted by Crippen LogP contribution is 2.27. The number of nitrogens with one attached hydrogen (secondary N) is 1. The van der Waals surface area contributed by atoms with Crippen molar-refractivity contribution in [1.82, 2.24) is 5.32 Å². The molecular formula is C18H29N. The normalized spacial score (nSPS) is 15.6. The first-order valence-electron chi connectivity index (χ1n) is 7.61. The van der Waals surface area contributed by atoms with Gasteiger partial charge in [-0.25, -0.2) is 0 Å². The number of benzene rings is 1. The maximum absolute atomic E-state index is 3.63. The predicted molar refractivity (Wildman–Crippen MR) is 83.7 cm³/mol. The van der Waals surface area contributed by atoms with Crippen LogP contribution in [0.3, 0.4) is 0 Å². The van der Waals surface area contributed by atoms with Crippen LogP contribution in [0.1, 0.15) is 57.7 Å². The first kappa shape index (κ1) is 14.6. The van der Waals surface area contributed by atoms with E-state index < -0.39 is 0 Å². The summed E-state index contributed by atoms with van der Waals surface area (Å²) in [5, 5.41) is 3.63. The van der Waals surface area contributed by atoms with E-state index in [0.717, 1.165) is 13.0 Å². The first-order valence-corrected chi connectivity index (χ1v) is 7.61. The lowest BCUT2D eigenvalue weighted by Gasteiger charge is -2.30. The molecule has 0 fully saturated rings. The zero-order valence-electron chi connectivity index (χ0n) is 13.3. The molecule has 0 amide bonds. The third kappa shape index (κ3) is 4.35. The molecule has 0 saturated heterocycles. The van der Waals surface area contributed by atoms with Gasteiger partial charge in [0.15, 0.2) is 0 Å². The zero-order chi connectivity index (χ0) is 14.1. The molecule has 0 bridgehead atoms. The Kier molecular flexibility index (Phi) is 4.06. The van der Waals surface area contributed by atoms with Gasteiger partial charge in [-0.2, -0.15) is 0 Å². The highest BCUT2D eigenvalue weighted by atomic mass is 14.9. The molecule has 0 spiro atoms. The van der Waals surface area contributed by atoms with Gasteiger partial charge in [0.25, 0.3) is 0 Å². The van der Waals surface area contributed by atoms with Crippen LogP contribution in [-0.2, 0) is 19.3 Å². The molecule has 0 aliphatic heterocycles. The summed E-state index contributed by atoms with van der Waals surface area (Å²) >= 11 is 0. The number of fused-ring (bicyclic) bond motifs is 1. The van der Waals surface area contributed by atoms with Crippen molar-refractivity contribution < 1.29 is 0 Å². The smallest absolute Gasteiger partial charge is 0.00967 e. The van der Waals surface area contributed by atoms with Crippen molar-refractivity contribution in [3.63, 3.8) is 0 Å². The van der Waals surface area contributed by atoms with E-state index in [-0.39, 0.29) is 5.54 Å². The lowest BCUT2D eigenvalue weighted by Crippen LogP contribution is -2.42. The van der Waals surface area contributed by atoms with Crippen LogP contribution in [0.4, 0.5) is 0 Å². The van der Waals surface area contributed by atoms with Gasteiger partial charge >= 0.3 is 0 Å². The molecule has 1 aromatic carbocycles. The van der Waals surface area contributed by atoms with Crippen molar-refractivity contribution in [2.24, 2.45) is 5.41 Å². The Hall–Kier alpha value is -0.820. The maximum atomic E-state index is 3.63. The minimum atomic E-state index is 0.204. The molecule has 0 atom stereocenters. The monoisotopic (exact) mass is 259 g/mol. The SMILES string of the molecule is CC(C)(CNC(C)(C)C)Cc1ccc2c(c1)CCC2. The van der Waals surface area contributed by atoms with Gasteiger partial charge in [-0.1, -0.05) is 32.0 Å². The van der Waals surface area contributed by atoms with E-state index in [9.17, 15) is 0 Å². The third-order valence-corrected chi connectivity index (χ3v) is 3.94. The van der Waals surface area contributed by atoms with Crippen molar-refractivity contribution >= 4 is 0 Å². The third-order valence-electron chi connectivity index (χ3n) is 3.94. The quantitative estimate of drug-likeness (QED) is 0.857. The highest BCUT2D eigenvalue weighted by Gasteiger charge is 2.22. The molecule has 0 unspecified atom stereocenters. The topological polar surface area (TPSA) is 12.0 Å². The fraction of sp³-hybridized carbons (Fsp3) is 0.667. The molecule has 0 aromatic heterocycles. The molecule has 1 aromatic rings. The van der Waals surface area contributed by atoms with E-state index >= 15 is 0 Å². The average Bonchev–Trinajstić information content (AvgIpc) is 2.72. The van der Waals surface area contributed by atoms with E-state index in [2.05, 4.69) is 58.1 Å². The van der Waals surface area contributed by atoms with Crippen molar-refractivity contribution in [3.8, 4) is 0 Å². The van der Waals surface area contributed by atoms with Crippen molar-refractivity contribution in [3.05, 3.63) is 34.9 Å². The Bertz CT molecular complexity index is 437. The standard InChI is InChI=1S/C18H29N/c1-17(2,3)19-13-18(4,5)12-14-9-10-15-7-6-8-16(15)11-14/h9-11,19H,6-8,12-13H2,1-5H3. The summed E-state index contributed by atoms with van der Waals surface area (Å²) in [6, 6.07) is 7.13. The Labute approximate surface area is 118 Å². The summed E-state index contributed by atoms with van der Waals surface area (Å²) in [6.45, 7) is 12.5. The van der Waals surface area contributed by atoms with Crippen LogP contribution < -0.4 is 5.32 Å². The molecular weight excluding hydrogens is 230 g/mol. The van der Waals surface area contributed by atoms with Gasteiger partial charge < -0.3 is 5.32 Å². The largest absolute Gasteiger partial charge is 0.312 e. The molecule has 1 heteroatoms. The zero-order valence-corrected chi connectivity index (χ0v) is 13.3. The van der Waals surface area contributed by atoms with Gasteiger partial charge in [0.1, 0.15) is 0 Å². The first-order chi connectivity index (χ1) is 8.75. The van der Waals surface area contributed by atoms with Gasteiger partial charge in [-0.05, 0) is 68.6 Å². The lowest BCUT2D eigenvalue weighted by atomic mass is 9.84. The Balaban J connectivity index is 1.99. The molecule has 1 aliphatic carbocycles. The van der Waals surface area contributed by atoms with Crippen LogP contribution >= 0.6 is 0 Å². The van der Waals surface area contributed by atoms with Crippen LogP contribution in [-0.4, -0.2) is 12.1 Å². The van der Waals surface area contributed by atoms with Gasteiger partial charge in [0.2, 0.25) is 0 Å². The Morgan fingerprint density at radius 2 is 1.68 bits per heavy atom. The van der Waals surface area contributed by atoms with Crippen LogP contribution in [0.5, 0.6) is 0 Å². The molecule has 1 nitrogen and oxygen atoms in total. The summed E-state index contributed by atoms with van der Waals surface area (Å²) in [7, 11) is 0. The number of hydrogen-bond donors (Lipinski definition) is 1. The van der Waals surface area contributed by atoms with Gasteiger partial charge in [-0.15, -0.1) is 0 Å². The van der Waals surface area contributed by atoms with E-state index in [1.165, 1.54) is 24.8 Å². The fourth-order valence-corrected chi connectivity index (χ4v) is 2.85. The van der Waals surface area contributed by atoms with Crippen LogP contribution in [0, 0.1) is 5.41 Å². The molecule has 19 heavy (non-hydrogen) atoms. The molecule has 1 N–H and O–H groups in total. The van der Waals surface area contributed by atoms with Gasteiger partial charge in [-0.3, -0.25) is 0 Å². The van der Waals surface area contributed by atoms with Gasteiger partial charge in [0.05, 0.1) is 0 Å². The average molecular weight is 259 g/mol. The van der Waals surface area contributed by atoms with E-state index in [0.29, 0.717) is 5.41 Å². The lowest BCUT2D eigenvalue weighted by molar-refractivity contribution is 0.289. The minimum Gasteiger partial charge on any atom is -0.312 e. The van der Waals surface area contributed by atoms with E-state index in [1.54, 1.807) is 11.1 Å². The van der Waals surface area contributed by atoms with Crippen molar-refractivity contribution in [1.29, 1.82) is 0 Å². The van der Waals surface area contributed by atoms with Gasteiger partial charge in [0, 0.05) is 12.1 Å². The summed E-state index contributed by atoms with van der Waals surface area (Å²) in [4.78, 5) is 0. The van der Waals surface area contributed by atoms with Crippen molar-refractivity contribution in [2.45, 2.75) is 65.8 Å². The molecule has 0 radical (unpaired) electrons. The van der Waals surface area contributed by atoms with Crippen LogP contribution in [0.15, 0.2) is 18.2 Å². The molecule has 1 aliphatic rings. The fourth-order valence-electron chi connectivity index (χ4n) is 2.85. The molecule has 0 heterocycles. The minimum absolute atomic E-state index is 0.204. The second-order valence-corrected chi connectivity index (χ2v) is 7.90. The van der Waals surface area contributed by atoms with E-state index in [4.69, 9.17) is 0 Å². The number of rotatable bonds is 4. The second-order valence-electron chi connectivity index (χ2n) is 7.90. The predicted octanol–water partition coefficient (Wildman–Crippen LogP) is 4.13. The summed E-state index contributed by atoms with van der Waals surface area (Å²) in [5.41, 5.74) is 5.18. The summed E-state index contributed by atoms with van der Waals surface area (Å²) in [5.74, 6) is 0. The maximum Gasteiger partial charge on any atom is 0.00967 e. The second kappa shape index (κ2) is 5.28. The molecule has 2 rings (SSSR count). The number of aryl methyl sites for hydroxylation is 2. The van der Waals surface area contributed by atoms with Crippen molar-refractivity contribution in [2.75, 3.05) is 6.54 Å². The summed E-state index contributed by atoms with van der Waals surface area (Å²) in [6.07, 6.45) is 5.06. The highest BCUT2D eigenvalue weighted by molar-refractivity contribution is 5.35. The Morgan fingerprint density at radius 3 is 2.37 bits per heavy atom. The van der Waals surface area contributed by atoms with Crippen LogP contribution in [0.25, 0.3) is 0 Å². The summed E-state index contributed by atoms with van der Waals surface area (Å²) < 4.78 is 0. The Morgan fingerprint density at radius 1 is 1.00 bits per heavy atom. The van der Waals surface area contributed by atoms with E-state index in [1.807, 2.05) is 0 Å². The molecule has 0 saturated carbocycles.